The molecule has 0 bridgehead atoms. The molecular formula is C15H27O2Si. The predicted octanol–water partition coefficient (Wildman–Crippen LogP) is 4.57. The standard InChI is InChI=1S/C15H27O2Si/c1-16-18(15-10-6-3-7-11-15)17-13-12-14-8-4-2-5-9-14/h12-15H,2-11H2,1H3. The van der Waals surface area contributed by atoms with Gasteiger partial charge in [0.25, 0.3) is 0 Å². The van der Waals surface area contributed by atoms with Crippen molar-refractivity contribution in [3.63, 3.8) is 0 Å². The summed E-state index contributed by atoms with van der Waals surface area (Å²) in [5, 5.41) is 0. The van der Waals surface area contributed by atoms with Crippen LogP contribution in [0.5, 0.6) is 0 Å². The van der Waals surface area contributed by atoms with E-state index in [2.05, 4.69) is 6.08 Å². The molecule has 0 unspecified atom stereocenters. The van der Waals surface area contributed by atoms with E-state index in [9.17, 15) is 0 Å². The Balaban J connectivity index is 1.73. The number of allylic oxidation sites excluding steroid dienone is 1. The molecule has 0 amide bonds. The lowest BCUT2D eigenvalue weighted by molar-refractivity contribution is 0.274. The summed E-state index contributed by atoms with van der Waals surface area (Å²) in [4.78, 5) is 0. The van der Waals surface area contributed by atoms with E-state index in [1.54, 1.807) is 0 Å². The van der Waals surface area contributed by atoms with E-state index in [0.29, 0.717) is 5.54 Å². The average molecular weight is 267 g/mol. The minimum absolute atomic E-state index is 0.699. The average Bonchev–Trinajstić information content (AvgIpc) is 2.46. The second-order valence-corrected chi connectivity index (χ2v) is 7.80. The zero-order chi connectivity index (χ0) is 12.6. The largest absolute Gasteiger partial charge is 0.525 e. The molecule has 2 saturated carbocycles. The molecule has 2 fully saturated rings. The molecule has 0 spiro atoms. The van der Waals surface area contributed by atoms with E-state index in [-0.39, 0.29) is 0 Å². The molecule has 0 aromatic rings. The van der Waals surface area contributed by atoms with Crippen LogP contribution < -0.4 is 0 Å². The van der Waals surface area contributed by atoms with Crippen molar-refractivity contribution in [1.29, 1.82) is 0 Å². The van der Waals surface area contributed by atoms with E-state index >= 15 is 0 Å². The van der Waals surface area contributed by atoms with E-state index < -0.39 is 9.28 Å². The van der Waals surface area contributed by atoms with Crippen molar-refractivity contribution in [2.75, 3.05) is 7.11 Å². The lowest BCUT2D eigenvalue weighted by Gasteiger charge is -2.25. The maximum atomic E-state index is 5.93. The van der Waals surface area contributed by atoms with Gasteiger partial charge in [-0.05, 0) is 37.7 Å². The van der Waals surface area contributed by atoms with Gasteiger partial charge in [-0.3, -0.25) is 0 Å². The summed E-state index contributed by atoms with van der Waals surface area (Å²) in [5.74, 6) is 0.755. The zero-order valence-corrected chi connectivity index (χ0v) is 12.7. The quantitative estimate of drug-likeness (QED) is 0.537. The van der Waals surface area contributed by atoms with Crippen LogP contribution in [0.3, 0.4) is 0 Å². The molecule has 2 aliphatic rings. The predicted molar refractivity (Wildman–Crippen MR) is 76.4 cm³/mol. The summed E-state index contributed by atoms with van der Waals surface area (Å²) in [6, 6.07) is 0. The van der Waals surface area contributed by atoms with Gasteiger partial charge in [-0.2, -0.15) is 0 Å². The Bertz CT molecular complexity index is 243. The van der Waals surface area contributed by atoms with E-state index in [1.165, 1.54) is 64.2 Å². The van der Waals surface area contributed by atoms with Gasteiger partial charge in [0.15, 0.2) is 0 Å². The second kappa shape index (κ2) is 8.00. The molecule has 0 saturated heterocycles. The SMILES string of the molecule is CO[Si](OC=CC1CCCCC1)C1CCCCC1. The third-order valence-electron chi connectivity index (χ3n) is 4.32. The first-order chi connectivity index (χ1) is 8.90. The van der Waals surface area contributed by atoms with Crippen LogP contribution in [0.15, 0.2) is 12.3 Å². The Hall–Kier alpha value is -0.283. The maximum Gasteiger partial charge on any atom is 0.460 e. The van der Waals surface area contributed by atoms with Gasteiger partial charge in [-0.25, -0.2) is 0 Å². The molecule has 2 nitrogen and oxygen atoms in total. The van der Waals surface area contributed by atoms with Crippen LogP contribution in [0, 0.1) is 5.92 Å². The Kier molecular flexibility index (Phi) is 6.28. The molecule has 0 atom stereocenters. The minimum atomic E-state index is -1.07. The third-order valence-corrected chi connectivity index (χ3v) is 6.34. The molecule has 2 rings (SSSR count). The van der Waals surface area contributed by atoms with Crippen molar-refractivity contribution in [2.24, 2.45) is 5.92 Å². The van der Waals surface area contributed by atoms with Gasteiger partial charge in [-0.15, -0.1) is 0 Å². The first-order valence-electron chi connectivity index (χ1n) is 7.64. The molecule has 1 radical (unpaired) electrons. The molecule has 2 aliphatic carbocycles. The number of hydrogen-bond acceptors (Lipinski definition) is 2. The van der Waals surface area contributed by atoms with Crippen molar-refractivity contribution < 1.29 is 8.85 Å². The Morgan fingerprint density at radius 2 is 1.50 bits per heavy atom. The molecule has 0 aromatic carbocycles. The van der Waals surface area contributed by atoms with Crippen molar-refractivity contribution in [3.05, 3.63) is 12.3 Å². The van der Waals surface area contributed by atoms with Crippen LogP contribution in [-0.2, 0) is 8.85 Å². The molecule has 0 heterocycles. The highest BCUT2D eigenvalue weighted by atomic mass is 28.3. The lowest BCUT2D eigenvalue weighted by atomic mass is 9.89. The first-order valence-corrected chi connectivity index (χ1v) is 9.03. The summed E-state index contributed by atoms with van der Waals surface area (Å²) in [6.07, 6.45) is 17.9. The Morgan fingerprint density at radius 3 is 2.11 bits per heavy atom. The minimum Gasteiger partial charge on any atom is -0.525 e. The topological polar surface area (TPSA) is 18.5 Å². The summed E-state index contributed by atoms with van der Waals surface area (Å²) in [6.45, 7) is 0. The summed E-state index contributed by atoms with van der Waals surface area (Å²) < 4.78 is 11.5. The van der Waals surface area contributed by atoms with E-state index in [1.807, 2.05) is 13.4 Å². The van der Waals surface area contributed by atoms with E-state index in [4.69, 9.17) is 8.85 Å². The fourth-order valence-corrected chi connectivity index (χ4v) is 4.91. The smallest absolute Gasteiger partial charge is 0.460 e. The first kappa shape index (κ1) is 14.1. The summed E-state index contributed by atoms with van der Waals surface area (Å²) >= 11 is 0. The second-order valence-electron chi connectivity index (χ2n) is 5.70. The highest BCUT2D eigenvalue weighted by Gasteiger charge is 2.29. The van der Waals surface area contributed by atoms with Gasteiger partial charge in [0, 0.05) is 12.7 Å². The summed E-state index contributed by atoms with van der Waals surface area (Å²) in [5.41, 5.74) is 0.699. The van der Waals surface area contributed by atoms with Crippen molar-refractivity contribution in [1.82, 2.24) is 0 Å². The van der Waals surface area contributed by atoms with Crippen LogP contribution in [0.4, 0.5) is 0 Å². The van der Waals surface area contributed by atoms with Gasteiger partial charge >= 0.3 is 9.28 Å². The third kappa shape index (κ3) is 4.43. The fourth-order valence-electron chi connectivity index (χ4n) is 3.19. The van der Waals surface area contributed by atoms with Crippen molar-refractivity contribution in [2.45, 2.75) is 69.7 Å². The van der Waals surface area contributed by atoms with Crippen LogP contribution in [0.2, 0.25) is 5.54 Å². The van der Waals surface area contributed by atoms with Crippen LogP contribution in [0.25, 0.3) is 0 Å². The van der Waals surface area contributed by atoms with Gasteiger partial charge in [-0.1, -0.05) is 38.5 Å². The van der Waals surface area contributed by atoms with Gasteiger partial charge in [0.2, 0.25) is 0 Å². The molecule has 18 heavy (non-hydrogen) atoms. The molecule has 0 aromatic heterocycles. The Labute approximate surface area is 114 Å². The van der Waals surface area contributed by atoms with Crippen molar-refractivity contribution >= 4 is 9.28 Å². The monoisotopic (exact) mass is 267 g/mol. The summed E-state index contributed by atoms with van der Waals surface area (Å²) in [7, 11) is 0.745. The van der Waals surface area contributed by atoms with Crippen LogP contribution in [-0.4, -0.2) is 16.4 Å². The van der Waals surface area contributed by atoms with Crippen LogP contribution in [0.1, 0.15) is 64.2 Å². The van der Waals surface area contributed by atoms with Crippen molar-refractivity contribution in [3.8, 4) is 0 Å². The number of rotatable bonds is 5. The molecule has 103 valence electrons. The van der Waals surface area contributed by atoms with Gasteiger partial charge < -0.3 is 8.85 Å². The van der Waals surface area contributed by atoms with Crippen LogP contribution >= 0.6 is 0 Å². The lowest BCUT2D eigenvalue weighted by Crippen LogP contribution is -2.27. The van der Waals surface area contributed by atoms with Gasteiger partial charge in [0.05, 0.1) is 6.26 Å². The fraction of sp³-hybridized carbons (Fsp3) is 0.867. The highest BCUT2D eigenvalue weighted by Crippen LogP contribution is 2.32. The molecular weight excluding hydrogens is 240 g/mol. The highest BCUT2D eigenvalue weighted by molar-refractivity contribution is 6.46. The Morgan fingerprint density at radius 1 is 0.889 bits per heavy atom. The molecule has 0 aliphatic heterocycles. The van der Waals surface area contributed by atoms with Gasteiger partial charge in [0.1, 0.15) is 0 Å². The maximum absolute atomic E-state index is 5.93. The molecule has 3 heteroatoms. The number of hydrogen-bond donors (Lipinski definition) is 0. The normalized spacial score (nSPS) is 23.9. The van der Waals surface area contributed by atoms with E-state index in [0.717, 1.165) is 5.92 Å². The molecule has 0 N–H and O–H groups in total. The zero-order valence-electron chi connectivity index (χ0n) is 11.7.